The van der Waals surface area contributed by atoms with Crippen molar-refractivity contribution in [2.45, 2.75) is 33.6 Å². The zero-order valence-corrected chi connectivity index (χ0v) is 9.95. The minimum atomic E-state index is -0.927. The van der Waals surface area contributed by atoms with Gasteiger partial charge in [-0.3, -0.25) is 4.79 Å². The zero-order chi connectivity index (χ0) is 12.6. The van der Waals surface area contributed by atoms with Gasteiger partial charge in [0.2, 0.25) is 0 Å². The molecule has 4 heteroatoms. The average molecular weight is 226 g/mol. The summed E-state index contributed by atoms with van der Waals surface area (Å²) in [5.74, 6) is -1.97. The largest absolute Gasteiger partial charge is 0.508 e. The second-order valence-electron chi connectivity index (χ2n) is 3.35. The Labute approximate surface area is 95.6 Å². The summed E-state index contributed by atoms with van der Waals surface area (Å²) < 4.78 is 4.69. The zero-order valence-electron chi connectivity index (χ0n) is 9.95. The van der Waals surface area contributed by atoms with E-state index in [-0.39, 0.29) is 12.4 Å². The van der Waals surface area contributed by atoms with Gasteiger partial charge < -0.3 is 9.84 Å². The monoisotopic (exact) mass is 226 g/mol. The Morgan fingerprint density at radius 2 is 2.00 bits per heavy atom. The Morgan fingerprint density at radius 3 is 2.50 bits per heavy atom. The summed E-state index contributed by atoms with van der Waals surface area (Å²) in [6, 6.07) is 0. The Bertz CT molecular complexity index is 313. The Hall–Kier alpha value is -1.58. The topological polar surface area (TPSA) is 63.6 Å². The van der Waals surface area contributed by atoms with E-state index in [1.165, 1.54) is 0 Å². The molecule has 0 amide bonds. The van der Waals surface area contributed by atoms with E-state index in [1.807, 2.05) is 6.92 Å². The van der Waals surface area contributed by atoms with Crippen LogP contribution in [0.5, 0.6) is 0 Å². The smallest absolute Gasteiger partial charge is 0.379 e. The summed E-state index contributed by atoms with van der Waals surface area (Å²) >= 11 is 0. The molecule has 0 saturated heterocycles. The van der Waals surface area contributed by atoms with Gasteiger partial charge in [-0.25, -0.2) is 4.79 Å². The van der Waals surface area contributed by atoms with Gasteiger partial charge in [0.05, 0.1) is 6.61 Å². The van der Waals surface area contributed by atoms with Crippen molar-refractivity contribution in [2.24, 2.45) is 0 Å². The SMILES string of the molecule is CC=C(C)/C(O)=C\C(=O)C(=O)OCCCC. The number of ketones is 1. The number of allylic oxidation sites excluding steroid dienone is 2. The molecular formula is C12H18O4. The highest BCUT2D eigenvalue weighted by Crippen LogP contribution is 2.04. The first kappa shape index (κ1) is 14.4. The van der Waals surface area contributed by atoms with Crippen LogP contribution in [0.1, 0.15) is 33.6 Å². The normalized spacial score (nSPS) is 12.4. The number of unbranched alkanes of at least 4 members (excludes halogenated alkanes) is 1. The molecule has 0 aliphatic rings. The number of hydrogen-bond donors (Lipinski definition) is 1. The Morgan fingerprint density at radius 1 is 1.38 bits per heavy atom. The number of ether oxygens (including phenoxy) is 1. The van der Waals surface area contributed by atoms with Crippen molar-refractivity contribution in [2.75, 3.05) is 6.61 Å². The lowest BCUT2D eigenvalue weighted by Gasteiger charge is -2.01. The van der Waals surface area contributed by atoms with Gasteiger partial charge in [-0.1, -0.05) is 19.4 Å². The number of hydrogen-bond acceptors (Lipinski definition) is 4. The van der Waals surface area contributed by atoms with Gasteiger partial charge in [-0.15, -0.1) is 0 Å². The van der Waals surface area contributed by atoms with Crippen molar-refractivity contribution < 1.29 is 19.4 Å². The number of esters is 1. The molecule has 0 radical (unpaired) electrons. The van der Waals surface area contributed by atoms with E-state index < -0.39 is 11.8 Å². The van der Waals surface area contributed by atoms with Crippen LogP contribution in [0.15, 0.2) is 23.5 Å². The van der Waals surface area contributed by atoms with Crippen molar-refractivity contribution in [3.05, 3.63) is 23.5 Å². The maximum atomic E-state index is 11.2. The van der Waals surface area contributed by atoms with Gasteiger partial charge in [0.25, 0.3) is 5.78 Å². The van der Waals surface area contributed by atoms with Gasteiger partial charge >= 0.3 is 5.97 Å². The number of carbonyl (C=O) groups is 2. The maximum Gasteiger partial charge on any atom is 0.379 e. The molecule has 0 aliphatic carbocycles. The van der Waals surface area contributed by atoms with Crippen LogP contribution in [0.25, 0.3) is 0 Å². The first-order chi connectivity index (χ1) is 7.52. The molecule has 0 aromatic heterocycles. The summed E-state index contributed by atoms with van der Waals surface area (Å²) in [6.45, 7) is 5.56. The Kier molecular flexibility index (Phi) is 6.92. The number of rotatable bonds is 6. The molecule has 0 aromatic carbocycles. The van der Waals surface area contributed by atoms with E-state index in [9.17, 15) is 14.7 Å². The fraction of sp³-hybridized carbons (Fsp3) is 0.500. The van der Waals surface area contributed by atoms with Crippen LogP contribution in [0.4, 0.5) is 0 Å². The van der Waals surface area contributed by atoms with Crippen LogP contribution in [0, 0.1) is 0 Å². The summed E-state index contributed by atoms with van der Waals surface area (Å²) in [7, 11) is 0. The molecule has 0 bridgehead atoms. The van der Waals surface area contributed by atoms with E-state index >= 15 is 0 Å². The number of aliphatic hydroxyl groups is 1. The van der Waals surface area contributed by atoms with E-state index in [1.54, 1.807) is 19.9 Å². The molecule has 0 fully saturated rings. The second-order valence-corrected chi connectivity index (χ2v) is 3.35. The molecule has 0 spiro atoms. The minimum absolute atomic E-state index is 0.208. The van der Waals surface area contributed by atoms with Crippen LogP contribution in [0.3, 0.4) is 0 Å². The highest BCUT2D eigenvalue weighted by atomic mass is 16.5. The van der Waals surface area contributed by atoms with E-state index in [0.29, 0.717) is 5.57 Å². The molecule has 0 aromatic rings. The van der Waals surface area contributed by atoms with Crippen molar-refractivity contribution in [1.82, 2.24) is 0 Å². The highest BCUT2D eigenvalue weighted by molar-refractivity contribution is 6.38. The third-order valence-electron chi connectivity index (χ3n) is 2.04. The predicted octanol–water partition coefficient (Wildman–Crippen LogP) is 2.31. The van der Waals surface area contributed by atoms with Crippen molar-refractivity contribution >= 4 is 11.8 Å². The molecule has 4 nitrogen and oxygen atoms in total. The summed E-state index contributed by atoms with van der Waals surface area (Å²) in [6.07, 6.45) is 4.13. The summed E-state index contributed by atoms with van der Waals surface area (Å²) in [5.41, 5.74) is 0.537. The minimum Gasteiger partial charge on any atom is -0.508 e. The van der Waals surface area contributed by atoms with Crippen LogP contribution in [-0.4, -0.2) is 23.5 Å². The van der Waals surface area contributed by atoms with Crippen molar-refractivity contribution in [3.8, 4) is 0 Å². The molecule has 0 atom stereocenters. The first-order valence-electron chi connectivity index (χ1n) is 5.28. The maximum absolute atomic E-state index is 11.2. The average Bonchev–Trinajstić information content (AvgIpc) is 2.27. The molecule has 0 rings (SSSR count). The van der Waals surface area contributed by atoms with Crippen LogP contribution >= 0.6 is 0 Å². The van der Waals surface area contributed by atoms with E-state index in [4.69, 9.17) is 4.74 Å². The first-order valence-corrected chi connectivity index (χ1v) is 5.28. The van der Waals surface area contributed by atoms with Crippen LogP contribution in [0.2, 0.25) is 0 Å². The van der Waals surface area contributed by atoms with Gasteiger partial charge in [-0.05, 0) is 25.8 Å². The van der Waals surface area contributed by atoms with Crippen molar-refractivity contribution in [3.63, 3.8) is 0 Å². The fourth-order valence-corrected chi connectivity index (χ4v) is 0.825. The van der Waals surface area contributed by atoms with Gasteiger partial charge in [-0.2, -0.15) is 0 Å². The number of carbonyl (C=O) groups excluding carboxylic acids is 2. The van der Waals surface area contributed by atoms with Gasteiger partial charge in [0.15, 0.2) is 0 Å². The second kappa shape index (κ2) is 7.68. The molecule has 1 N–H and O–H groups in total. The fourth-order valence-electron chi connectivity index (χ4n) is 0.825. The quantitative estimate of drug-likeness (QED) is 0.188. The van der Waals surface area contributed by atoms with Crippen molar-refractivity contribution in [1.29, 1.82) is 0 Å². The van der Waals surface area contributed by atoms with Crippen LogP contribution in [-0.2, 0) is 14.3 Å². The third-order valence-corrected chi connectivity index (χ3v) is 2.04. The Balaban J connectivity index is 4.30. The molecular weight excluding hydrogens is 208 g/mol. The molecule has 0 heterocycles. The molecule has 0 saturated carbocycles. The van der Waals surface area contributed by atoms with E-state index in [0.717, 1.165) is 18.9 Å². The molecule has 16 heavy (non-hydrogen) atoms. The lowest BCUT2D eigenvalue weighted by Crippen LogP contribution is -2.16. The van der Waals surface area contributed by atoms with Gasteiger partial charge in [0.1, 0.15) is 5.76 Å². The molecule has 0 unspecified atom stereocenters. The molecule has 0 aliphatic heterocycles. The lowest BCUT2D eigenvalue weighted by molar-refractivity contribution is -0.151. The predicted molar refractivity (Wildman–Crippen MR) is 61.0 cm³/mol. The molecule has 90 valence electrons. The third kappa shape index (κ3) is 5.34. The standard InChI is InChI=1S/C12H18O4/c1-4-6-7-16-12(15)11(14)8-10(13)9(3)5-2/h5,8,13H,4,6-7H2,1-3H3/b9-5?,10-8+. The highest BCUT2D eigenvalue weighted by Gasteiger charge is 2.13. The number of aliphatic hydroxyl groups excluding tert-OH is 1. The lowest BCUT2D eigenvalue weighted by atomic mass is 10.2. The van der Waals surface area contributed by atoms with Gasteiger partial charge in [0, 0.05) is 6.08 Å². The van der Waals surface area contributed by atoms with E-state index in [2.05, 4.69) is 0 Å². The summed E-state index contributed by atoms with van der Waals surface area (Å²) in [5, 5.41) is 9.37. The summed E-state index contributed by atoms with van der Waals surface area (Å²) in [4.78, 5) is 22.3. The van der Waals surface area contributed by atoms with Crippen LogP contribution < -0.4 is 0 Å².